The molecular weight excluding hydrogens is 220 g/mol. The van der Waals surface area contributed by atoms with Crippen molar-refractivity contribution in [1.29, 1.82) is 0 Å². The third kappa shape index (κ3) is 5.10. The molecule has 0 saturated carbocycles. The highest BCUT2D eigenvalue weighted by Gasteiger charge is 2.15. The third-order valence-electron chi connectivity index (χ3n) is 2.95. The van der Waals surface area contributed by atoms with E-state index in [1.54, 1.807) is 0 Å². The van der Waals surface area contributed by atoms with E-state index in [2.05, 4.69) is 18.5 Å². The number of likely N-dealkylation sites (tertiary alicyclic amines) is 1. The van der Waals surface area contributed by atoms with Crippen LogP contribution in [0.3, 0.4) is 0 Å². The van der Waals surface area contributed by atoms with Crippen molar-refractivity contribution in [2.45, 2.75) is 32.6 Å². The van der Waals surface area contributed by atoms with Crippen LogP contribution in [0.15, 0.2) is 0 Å². The highest BCUT2D eigenvalue weighted by atomic mass is 32.2. The maximum atomic E-state index is 11.9. The lowest BCUT2D eigenvalue weighted by molar-refractivity contribution is 0.198. The molecule has 1 rings (SSSR count). The van der Waals surface area contributed by atoms with Crippen LogP contribution in [-0.4, -0.2) is 42.6 Å². The molecular formula is C12H24N2OS. The quantitative estimate of drug-likeness (QED) is 0.824. The van der Waals surface area contributed by atoms with Crippen molar-refractivity contribution >= 4 is 17.8 Å². The first-order valence-electron chi connectivity index (χ1n) is 6.25. The maximum Gasteiger partial charge on any atom is 0.317 e. The van der Waals surface area contributed by atoms with Gasteiger partial charge in [0.25, 0.3) is 0 Å². The van der Waals surface area contributed by atoms with Crippen LogP contribution in [0.2, 0.25) is 0 Å². The first kappa shape index (κ1) is 13.7. The van der Waals surface area contributed by atoms with Crippen molar-refractivity contribution in [2.24, 2.45) is 5.92 Å². The van der Waals surface area contributed by atoms with Crippen LogP contribution in [0.25, 0.3) is 0 Å². The van der Waals surface area contributed by atoms with Gasteiger partial charge >= 0.3 is 6.03 Å². The average molecular weight is 244 g/mol. The molecule has 0 bridgehead atoms. The molecule has 2 amide bonds. The number of carbonyl (C=O) groups is 1. The van der Waals surface area contributed by atoms with Gasteiger partial charge in [0.05, 0.1) is 0 Å². The van der Waals surface area contributed by atoms with Crippen LogP contribution in [0.4, 0.5) is 4.79 Å². The summed E-state index contributed by atoms with van der Waals surface area (Å²) in [6.45, 7) is 4.85. The zero-order valence-electron chi connectivity index (χ0n) is 10.5. The zero-order chi connectivity index (χ0) is 11.8. The number of rotatable bonds is 4. The van der Waals surface area contributed by atoms with Crippen molar-refractivity contribution in [3.05, 3.63) is 0 Å². The number of urea groups is 1. The second-order valence-electron chi connectivity index (χ2n) is 4.65. The van der Waals surface area contributed by atoms with Gasteiger partial charge in [-0.2, -0.15) is 11.8 Å². The third-order valence-corrected chi connectivity index (χ3v) is 3.85. The second-order valence-corrected chi connectivity index (χ2v) is 5.56. The van der Waals surface area contributed by atoms with E-state index in [0.717, 1.165) is 38.2 Å². The Morgan fingerprint density at radius 2 is 1.94 bits per heavy atom. The summed E-state index contributed by atoms with van der Waals surface area (Å²) in [5.41, 5.74) is 0. The molecule has 0 aromatic carbocycles. The van der Waals surface area contributed by atoms with Gasteiger partial charge in [0.15, 0.2) is 0 Å². The number of amides is 2. The van der Waals surface area contributed by atoms with Gasteiger partial charge in [0, 0.05) is 19.6 Å². The fourth-order valence-corrected chi connectivity index (χ4v) is 2.68. The van der Waals surface area contributed by atoms with Gasteiger partial charge in [-0.05, 0) is 30.8 Å². The van der Waals surface area contributed by atoms with Gasteiger partial charge in [-0.25, -0.2) is 4.79 Å². The Hall–Kier alpha value is -0.380. The lowest BCUT2D eigenvalue weighted by Gasteiger charge is -2.22. The Kier molecular flexibility index (Phi) is 6.69. The van der Waals surface area contributed by atoms with E-state index in [1.165, 1.54) is 12.8 Å². The van der Waals surface area contributed by atoms with E-state index < -0.39 is 0 Å². The molecule has 1 heterocycles. The fraction of sp³-hybridized carbons (Fsp3) is 0.917. The fourth-order valence-electron chi connectivity index (χ4n) is 1.99. The molecule has 1 aliphatic rings. The molecule has 0 radical (unpaired) electrons. The predicted octanol–water partition coefficient (Wildman–Crippen LogP) is 2.57. The molecule has 0 aliphatic carbocycles. The summed E-state index contributed by atoms with van der Waals surface area (Å²) < 4.78 is 0. The van der Waals surface area contributed by atoms with Crippen LogP contribution in [-0.2, 0) is 0 Å². The van der Waals surface area contributed by atoms with Crippen molar-refractivity contribution in [1.82, 2.24) is 10.2 Å². The Balaban J connectivity index is 2.22. The number of hydrogen-bond acceptors (Lipinski definition) is 2. The lowest BCUT2D eigenvalue weighted by Crippen LogP contribution is -2.42. The van der Waals surface area contributed by atoms with Gasteiger partial charge in [-0.1, -0.05) is 19.8 Å². The Morgan fingerprint density at radius 1 is 1.31 bits per heavy atom. The van der Waals surface area contributed by atoms with E-state index in [0.29, 0.717) is 5.92 Å². The normalized spacial score (nSPS) is 19.0. The molecule has 1 fully saturated rings. The molecule has 4 heteroatoms. The predicted molar refractivity (Wildman–Crippen MR) is 71.0 cm³/mol. The minimum atomic E-state index is 0.134. The molecule has 1 atom stereocenters. The summed E-state index contributed by atoms with van der Waals surface area (Å²) in [7, 11) is 0. The molecule has 1 saturated heterocycles. The smallest absolute Gasteiger partial charge is 0.317 e. The summed E-state index contributed by atoms with van der Waals surface area (Å²) in [6.07, 6.45) is 6.97. The van der Waals surface area contributed by atoms with Crippen molar-refractivity contribution in [3.8, 4) is 0 Å². The number of carbonyl (C=O) groups excluding carboxylic acids is 1. The van der Waals surface area contributed by atoms with Crippen molar-refractivity contribution in [3.63, 3.8) is 0 Å². The summed E-state index contributed by atoms with van der Waals surface area (Å²) in [5, 5.41) is 3.04. The number of thioether (sulfide) groups is 1. The summed E-state index contributed by atoms with van der Waals surface area (Å²) in [6, 6.07) is 0.134. The minimum absolute atomic E-state index is 0.134. The number of hydrogen-bond donors (Lipinski definition) is 1. The molecule has 3 nitrogen and oxygen atoms in total. The second kappa shape index (κ2) is 7.82. The SMILES string of the molecule is CSCC(C)CNC(=O)N1CCCCCC1. The average Bonchev–Trinajstić information content (AvgIpc) is 2.55. The minimum Gasteiger partial charge on any atom is -0.338 e. The standard InChI is InChI=1S/C12H24N2OS/c1-11(10-16-2)9-13-12(15)14-7-5-3-4-6-8-14/h11H,3-10H2,1-2H3,(H,13,15). The molecule has 1 N–H and O–H groups in total. The highest BCUT2D eigenvalue weighted by molar-refractivity contribution is 7.98. The van der Waals surface area contributed by atoms with Gasteiger partial charge in [0.2, 0.25) is 0 Å². The van der Waals surface area contributed by atoms with Crippen LogP contribution in [0.5, 0.6) is 0 Å². The first-order valence-corrected chi connectivity index (χ1v) is 7.65. The van der Waals surface area contributed by atoms with Gasteiger partial charge in [-0.3, -0.25) is 0 Å². The molecule has 94 valence electrons. The number of nitrogens with one attached hydrogen (secondary N) is 1. The zero-order valence-corrected chi connectivity index (χ0v) is 11.3. The van der Waals surface area contributed by atoms with Gasteiger partial charge in [-0.15, -0.1) is 0 Å². The molecule has 0 spiro atoms. The maximum absolute atomic E-state index is 11.9. The largest absolute Gasteiger partial charge is 0.338 e. The van der Waals surface area contributed by atoms with E-state index >= 15 is 0 Å². The Bertz CT molecular complexity index is 203. The van der Waals surface area contributed by atoms with Crippen LogP contribution >= 0.6 is 11.8 Å². The Labute approximate surface area is 103 Å². The summed E-state index contributed by atoms with van der Waals surface area (Å²) in [5.74, 6) is 1.67. The van der Waals surface area contributed by atoms with Crippen molar-refractivity contribution < 1.29 is 4.79 Å². The topological polar surface area (TPSA) is 32.3 Å². The van der Waals surface area contributed by atoms with E-state index in [9.17, 15) is 4.79 Å². The number of nitrogens with zero attached hydrogens (tertiary/aromatic N) is 1. The van der Waals surface area contributed by atoms with E-state index in [4.69, 9.17) is 0 Å². The Morgan fingerprint density at radius 3 is 2.50 bits per heavy atom. The van der Waals surface area contributed by atoms with Crippen LogP contribution in [0.1, 0.15) is 32.6 Å². The molecule has 16 heavy (non-hydrogen) atoms. The van der Waals surface area contributed by atoms with Crippen molar-refractivity contribution in [2.75, 3.05) is 31.6 Å². The monoisotopic (exact) mass is 244 g/mol. The molecule has 0 aromatic rings. The molecule has 1 aliphatic heterocycles. The summed E-state index contributed by atoms with van der Waals surface area (Å²) in [4.78, 5) is 13.8. The van der Waals surface area contributed by atoms with E-state index in [1.807, 2.05) is 16.7 Å². The van der Waals surface area contributed by atoms with Crippen LogP contribution in [0, 0.1) is 5.92 Å². The lowest BCUT2D eigenvalue weighted by atomic mass is 10.2. The first-order chi connectivity index (χ1) is 7.74. The van der Waals surface area contributed by atoms with Gasteiger partial charge in [0.1, 0.15) is 0 Å². The van der Waals surface area contributed by atoms with Gasteiger partial charge < -0.3 is 10.2 Å². The van der Waals surface area contributed by atoms with E-state index in [-0.39, 0.29) is 6.03 Å². The highest BCUT2D eigenvalue weighted by Crippen LogP contribution is 2.09. The molecule has 1 unspecified atom stereocenters. The summed E-state index contributed by atoms with van der Waals surface area (Å²) >= 11 is 1.84. The molecule has 0 aromatic heterocycles. The van der Waals surface area contributed by atoms with Crippen LogP contribution < -0.4 is 5.32 Å².